The summed E-state index contributed by atoms with van der Waals surface area (Å²) in [5.41, 5.74) is 0. The Balaban J connectivity index is 1.99. The normalized spacial score (nSPS) is 27.5. The average Bonchev–Trinajstić information content (AvgIpc) is 2.87. The van der Waals surface area contributed by atoms with E-state index in [9.17, 15) is 9.59 Å². The second-order valence-corrected chi connectivity index (χ2v) is 5.58. The van der Waals surface area contributed by atoms with Gasteiger partial charge >= 0.3 is 12.0 Å². The van der Waals surface area contributed by atoms with Crippen LogP contribution in [0.15, 0.2) is 0 Å². The first kappa shape index (κ1) is 14.2. The van der Waals surface area contributed by atoms with E-state index in [0.717, 1.165) is 32.4 Å². The molecule has 2 atom stereocenters. The van der Waals surface area contributed by atoms with Crippen LogP contribution in [-0.4, -0.2) is 54.1 Å². The minimum atomic E-state index is -0.371. The molecule has 19 heavy (non-hydrogen) atoms. The van der Waals surface area contributed by atoms with Gasteiger partial charge in [0.2, 0.25) is 0 Å². The Morgan fingerprint density at radius 1 is 1.21 bits per heavy atom. The van der Waals surface area contributed by atoms with Crippen molar-refractivity contribution in [2.75, 3.05) is 26.2 Å². The van der Waals surface area contributed by atoms with Gasteiger partial charge in [-0.05, 0) is 38.5 Å². The third-order valence-electron chi connectivity index (χ3n) is 3.98. The Morgan fingerprint density at radius 3 is 2.63 bits per heavy atom. The molecular formula is C14H24N2O3. The van der Waals surface area contributed by atoms with E-state index in [2.05, 4.69) is 6.92 Å². The van der Waals surface area contributed by atoms with Gasteiger partial charge in [-0.1, -0.05) is 6.92 Å². The lowest BCUT2D eigenvalue weighted by atomic mass is 10.0. The SMILES string of the molecule is CCOC(=O)C1CCCN1C(=O)N1CCCC(C)C1. The van der Waals surface area contributed by atoms with Gasteiger partial charge in [-0.15, -0.1) is 0 Å². The van der Waals surface area contributed by atoms with Crippen LogP contribution in [0.1, 0.15) is 39.5 Å². The van der Waals surface area contributed by atoms with Gasteiger partial charge in [0.15, 0.2) is 0 Å². The van der Waals surface area contributed by atoms with Gasteiger partial charge in [-0.25, -0.2) is 9.59 Å². The Morgan fingerprint density at radius 2 is 1.95 bits per heavy atom. The standard InChI is InChI=1S/C14H24N2O3/c1-3-19-13(17)12-7-5-9-16(12)14(18)15-8-4-6-11(2)10-15/h11-12H,3-10H2,1-2H3. The number of ether oxygens (including phenoxy) is 1. The molecule has 0 radical (unpaired) electrons. The molecule has 108 valence electrons. The van der Waals surface area contributed by atoms with E-state index in [1.165, 1.54) is 6.42 Å². The van der Waals surface area contributed by atoms with Crippen molar-refractivity contribution in [3.63, 3.8) is 0 Å². The molecule has 0 bridgehead atoms. The summed E-state index contributed by atoms with van der Waals surface area (Å²) in [7, 11) is 0. The Bertz CT molecular complexity index is 346. The van der Waals surface area contributed by atoms with E-state index in [1.807, 2.05) is 4.90 Å². The highest BCUT2D eigenvalue weighted by Gasteiger charge is 2.37. The fourth-order valence-corrected chi connectivity index (χ4v) is 3.02. The Hall–Kier alpha value is -1.26. The smallest absolute Gasteiger partial charge is 0.328 e. The minimum Gasteiger partial charge on any atom is -0.464 e. The maximum atomic E-state index is 12.5. The fraction of sp³-hybridized carbons (Fsp3) is 0.857. The molecule has 0 aromatic rings. The molecule has 0 aromatic carbocycles. The predicted molar refractivity (Wildman–Crippen MR) is 71.7 cm³/mol. The molecule has 2 aliphatic rings. The van der Waals surface area contributed by atoms with Gasteiger partial charge in [-0.3, -0.25) is 0 Å². The minimum absolute atomic E-state index is 0.0158. The number of hydrogen-bond acceptors (Lipinski definition) is 3. The molecule has 0 spiro atoms. The molecule has 2 amide bonds. The summed E-state index contributed by atoms with van der Waals surface area (Å²) in [6, 6.07) is -0.355. The van der Waals surface area contributed by atoms with Crippen LogP contribution in [0.5, 0.6) is 0 Å². The van der Waals surface area contributed by atoms with Crippen molar-refractivity contribution in [1.29, 1.82) is 0 Å². The summed E-state index contributed by atoms with van der Waals surface area (Å²) in [6.45, 7) is 6.64. The third kappa shape index (κ3) is 3.19. The number of carbonyl (C=O) groups excluding carboxylic acids is 2. The lowest BCUT2D eigenvalue weighted by molar-refractivity contribution is -0.147. The summed E-state index contributed by atoms with van der Waals surface area (Å²) in [6.07, 6.45) is 3.86. The van der Waals surface area contributed by atoms with Crippen molar-refractivity contribution in [3.05, 3.63) is 0 Å². The first-order valence-electron chi connectivity index (χ1n) is 7.35. The topological polar surface area (TPSA) is 49.9 Å². The molecule has 2 unspecified atom stereocenters. The van der Waals surface area contributed by atoms with Crippen LogP contribution in [-0.2, 0) is 9.53 Å². The van der Waals surface area contributed by atoms with Gasteiger partial charge in [0.05, 0.1) is 6.61 Å². The van der Waals surface area contributed by atoms with Crippen LogP contribution in [0, 0.1) is 5.92 Å². The van der Waals surface area contributed by atoms with Crippen molar-refractivity contribution >= 4 is 12.0 Å². The zero-order valence-corrected chi connectivity index (χ0v) is 11.9. The molecule has 5 nitrogen and oxygen atoms in total. The quantitative estimate of drug-likeness (QED) is 0.718. The largest absolute Gasteiger partial charge is 0.464 e. The van der Waals surface area contributed by atoms with Crippen LogP contribution in [0.25, 0.3) is 0 Å². The van der Waals surface area contributed by atoms with Crippen molar-refractivity contribution in [3.8, 4) is 0 Å². The van der Waals surface area contributed by atoms with Crippen LogP contribution < -0.4 is 0 Å². The number of urea groups is 1. The molecule has 0 aliphatic carbocycles. The summed E-state index contributed by atoms with van der Waals surface area (Å²) < 4.78 is 5.06. The molecule has 2 rings (SSSR count). The van der Waals surface area contributed by atoms with E-state index in [1.54, 1.807) is 11.8 Å². The highest BCUT2D eigenvalue weighted by Crippen LogP contribution is 2.23. The lowest BCUT2D eigenvalue weighted by Gasteiger charge is -2.35. The van der Waals surface area contributed by atoms with Crippen molar-refractivity contribution in [1.82, 2.24) is 9.80 Å². The van der Waals surface area contributed by atoms with Crippen LogP contribution in [0.2, 0.25) is 0 Å². The van der Waals surface area contributed by atoms with E-state index < -0.39 is 0 Å². The highest BCUT2D eigenvalue weighted by molar-refractivity contribution is 5.84. The molecular weight excluding hydrogens is 244 g/mol. The molecule has 0 saturated carbocycles. The van der Waals surface area contributed by atoms with Crippen molar-refractivity contribution in [2.45, 2.75) is 45.6 Å². The summed E-state index contributed by atoms with van der Waals surface area (Å²) in [5, 5.41) is 0. The molecule has 2 fully saturated rings. The van der Waals surface area contributed by atoms with E-state index in [4.69, 9.17) is 4.74 Å². The zero-order chi connectivity index (χ0) is 13.8. The number of nitrogens with zero attached hydrogens (tertiary/aromatic N) is 2. The van der Waals surface area contributed by atoms with E-state index >= 15 is 0 Å². The van der Waals surface area contributed by atoms with Crippen LogP contribution >= 0.6 is 0 Å². The molecule has 2 heterocycles. The number of hydrogen-bond donors (Lipinski definition) is 0. The lowest BCUT2D eigenvalue weighted by Crippen LogP contribution is -2.51. The highest BCUT2D eigenvalue weighted by atomic mass is 16.5. The zero-order valence-electron chi connectivity index (χ0n) is 11.9. The summed E-state index contributed by atoms with van der Waals surface area (Å²) >= 11 is 0. The maximum absolute atomic E-state index is 12.5. The van der Waals surface area contributed by atoms with E-state index in [0.29, 0.717) is 19.1 Å². The summed E-state index contributed by atoms with van der Waals surface area (Å²) in [5.74, 6) is 0.305. The fourth-order valence-electron chi connectivity index (χ4n) is 3.02. The van der Waals surface area contributed by atoms with Gasteiger partial charge in [0.1, 0.15) is 6.04 Å². The maximum Gasteiger partial charge on any atom is 0.328 e. The summed E-state index contributed by atoms with van der Waals surface area (Å²) in [4.78, 5) is 28.0. The van der Waals surface area contributed by atoms with E-state index in [-0.39, 0.29) is 18.0 Å². The van der Waals surface area contributed by atoms with Gasteiger partial charge < -0.3 is 14.5 Å². The monoisotopic (exact) mass is 268 g/mol. The average molecular weight is 268 g/mol. The predicted octanol–water partition coefficient (Wildman–Crippen LogP) is 1.87. The van der Waals surface area contributed by atoms with Crippen LogP contribution in [0.3, 0.4) is 0 Å². The molecule has 5 heteroatoms. The molecule has 0 aromatic heterocycles. The van der Waals surface area contributed by atoms with Gasteiger partial charge in [0.25, 0.3) is 0 Å². The molecule has 2 aliphatic heterocycles. The van der Waals surface area contributed by atoms with Crippen molar-refractivity contribution in [2.24, 2.45) is 5.92 Å². The number of likely N-dealkylation sites (tertiary alicyclic amines) is 2. The third-order valence-corrected chi connectivity index (χ3v) is 3.98. The number of esters is 1. The second kappa shape index (κ2) is 6.26. The van der Waals surface area contributed by atoms with Gasteiger partial charge in [0, 0.05) is 19.6 Å². The van der Waals surface area contributed by atoms with Crippen molar-refractivity contribution < 1.29 is 14.3 Å². The Labute approximate surface area is 114 Å². The number of carbonyl (C=O) groups is 2. The molecule has 0 N–H and O–H groups in total. The number of piperidine rings is 1. The van der Waals surface area contributed by atoms with Crippen LogP contribution in [0.4, 0.5) is 4.79 Å². The Kier molecular flexibility index (Phi) is 4.66. The van der Waals surface area contributed by atoms with Gasteiger partial charge in [-0.2, -0.15) is 0 Å². The first-order chi connectivity index (χ1) is 9.13. The second-order valence-electron chi connectivity index (χ2n) is 5.58. The molecule has 2 saturated heterocycles. The number of amides is 2. The first-order valence-corrected chi connectivity index (χ1v) is 7.35. The number of rotatable bonds is 2.